The van der Waals surface area contributed by atoms with E-state index < -0.39 is 44.7 Å². The van der Waals surface area contributed by atoms with Crippen molar-refractivity contribution in [2.45, 2.75) is 55.7 Å². The second kappa shape index (κ2) is 14.6. The fraction of sp³-hybridized carbons (Fsp3) is 0.345. The molecule has 11 nitrogen and oxygen atoms in total. The molecule has 3 aromatic rings. The average Bonchev–Trinajstić information content (AvgIpc) is 2.93. The predicted octanol–water partition coefficient (Wildman–Crippen LogP) is 3.48. The Balaban J connectivity index is 1.94. The van der Waals surface area contributed by atoms with Crippen molar-refractivity contribution in [3.05, 3.63) is 94.9 Å². The highest BCUT2D eigenvalue weighted by molar-refractivity contribution is 7.89. The van der Waals surface area contributed by atoms with E-state index in [0.717, 1.165) is 9.87 Å². The number of hydrogen-bond donors (Lipinski definition) is 2. The third kappa shape index (κ3) is 9.26. The van der Waals surface area contributed by atoms with E-state index in [1.807, 2.05) is 13.8 Å². The van der Waals surface area contributed by atoms with E-state index in [1.165, 1.54) is 55.5 Å². The van der Waals surface area contributed by atoms with Crippen LogP contribution in [0.4, 0.5) is 0 Å². The molecule has 0 bridgehead atoms. The Hall–Kier alpha value is -3.49. The Labute approximate surface area is 246 Å². The molecule has 0 aromatic heterocycles. The molecule has 3 rings (SSSR count). The molecule has 3 aromatic carbocycles. The zero-order chi connectivity index (χ0) is 30.9. The molecule has 0 saturated carbocycles. The summed E-state index contributed by atoms with van der Waals surface area (Å²) >= 11 is 0. The number of nitrogens with one attached hydrogen (secondary N) is 1. The number of carbonyl (C=O) groups is 1. The second-order valence-electron chi connectivity index (χ2n) is 10.2. The van der Waals surface area contributed by atoms with Crippen LogP contribution in [0.1, 0.15) is 31.9 Å². The molecule has 0 unspecified atom stereocenters. The zero-order valence-electron chi connectivity index (χ0n) is 23.6. The van der Waals surface area contributed by atoms with Crippen molar-refractivity contribution in [1.82, 2.24) is 9.03 Å². The summed E-state index contributed by atoms with van der Waals surface area (Å²) in [6.07, 6.45) is -1.39. The third-order valence-electron chi connectivity index (χ3n) is 6.21. The smallest absolute Gasteiger partial charge is 0.308 e. The van der Waals surface area contributed by atoms with Crippen molar-refractivity contribution in [3.63, 3.8) is 0 Å². The Bertz CT molecular complexity index is 1560. The van der Waals surface area contributed by atoms with E-state index in [0.29, 0.717) is 5.56 Å². The third-order valence-corrected chi connectivity index (χ3v) is 9.55. The molecule has 2 N–H and O–H groups in total. The maximum absolute atomic E-state index is 13.6. The minimum atomic E-state index is -4.24. The Morgan fingerprint density at radius 1 is 0.905 bits per heavy atom. The number of nitrogens with zero attached hydrogens (tertiary/aromatic N) is 2. The molecular weight excluding hydrogens is 582 g/mol. The van der Waals surface area contributed by atoms with Gasteiger partial charge < -0.3 is 9.84 Å². The summed E-state index contributed by atoms with van der Waals surface area (Å²) in [5, 5.41) is 14.2. The zero-order valence-corrected chi connectivity index (χ0v) is 25.2. The normalized spacial score (nSPS) is 13.6. The van der Waals surface area contributed by atoms with Gasteiger partial charge in [0.25, 0.3) is 0 Å². The van der Waals surface area contributed by atoms with Crippen LogP contribution < -0.4 is 9.46 Å². The van der Waals surface area contributed by atoms with Crippen molar-refractivity contribution in [2.75, 3.05) is 13.1 Å². The van der Waals surface area contributed by atoms with Crippen molar-refractivity contribution in [3.8, 4) is 5.75 Å². The number of hydrogen-bond acceptors (Lipinski definition) is 9. The first-order chi connectivity index (χ1) is 19.8. The molecule has 13 heteroatoms. The molecule has 0 saturated heterocycles. The van der Waals surface area contributed by atoms with Gasteiger partial charge in [-0.3, -0.25) is 4.79 Å². The van der Waals surface area contributed by atoms with Gasteiger partial charge in [0, 0.05) is 26.1 Å². The Morgan fingerprint density at radius 3 is 2.17 bits per heavy atom. The summed E-state index contributed by atoms with van der Waals surface area (Å²) in [4.78, 5) is 21.7. The highest BCUT2D eigenvalue weighted by Gasteiger charge is 2.33. The van der Waals surface area contributed by atoms with Gasteiger partial charge in [-0.1, -0.05) is 67.6 Å². The second-order valence-corrected chi connectivity index (χ2v) is 13.9. The molecule has 0 amide bonds. The lowest BCUT2D eigenvalue weighted by Gasteiger charge is -2.30. The minimum Gasteiger partial charge on any atom is -0.427 e. The summed E-state index contributed by atoms with van der Waals surface area (Å²) in [5.41, 5.74) is 1.27. The first-order valence-electron chi connectivity index (χ1n) is 13.2. The van der Waals surface area contributed by atoms with E-state index in [2.05, 4.69) is 9.90 Å². The SMILES string of the molecule is CC(=O)Oc1cccc(S(=O)(=O)N[C@@H](Cc2ccccc2)[C@H](O)CN(CC(C)C)S(=O)(=O)c2ccc(CN=O)cc2)c1. The van der Waals surface area contributed by atoms with Crippen molar-refractivity contribution in [1.29, 1.82) is 0 Å². The number of esters is 1. The van der Waals surface area contributed by atoms with Gasteiger partial charge in [-0.25, -0.2) is 21.6 Å². The lowest BCUT2D eigenvalue weighted by molar-refractivity contribution is -0.131. The maximum atomic E-state index is 13.6. The van der Waals surface area contributed by atoms with E-state index in [-0.39, 0.29) is 41.0 Å². The van der Waals surface area contributed by atoms with Crippen LogP contribution in [-0.2, 0) is 37.8 Å². The molecule has 0 aliphatic rings. The molecule has 2 atom stereocenters. The van der Waals surface area contributed by atoms with Crippen LogP contribution in [0.25, 0.3) is 0 Å². The fourth-order valence-electron chi connectivity index (χ4n) is 4.27. The van der Waals surface area contributed by atoms with Gasteiger partial charge in [0.15, 0.2) is 0 Å². The van der Waals surface area contributed by atoms with Gasteiger partial charge in [0.1, 0.15) is 12.3 Å². The van der Waals surface area contributed by atoms with Gasteiger partial charge in [-0.15, -0.1) is 0 Å². The van der Waals surface area contributed by atoms with Crippen LogP contribution >= 0.6 is 0 Å². The lowest BCUT2D eigenvalue weighted by Crippen LogP contribution is -2.51. The van der Waals surface area contributed by atoms with Gasteiger partial charge in [-0.2, -0.15) is 9.21 Å². The monoisotopic (exact) mass is 617 g/mol. The Morgan fingerprint density at radius 2 is 1.57 bits per heavy atom. The van der Waals surface area contributed by atoms with Crippen molar-refractivity contribution in [2.24, 2.45) is 11.1 Å². The van der Waals surface area contributed by atoms with Crippen LogP contribution in [0.2, 0.25) is 0 Å². The van der Waals surface area contributed by atoms with E-state index in [4.69, 9.17) is 4.74 Å². The van der Waals surface area contributed by atoms with Crippen molar-refractivity contribution < 1.29 is 31.5 Å². The number of ether oxygens (including phenoxy) is 1. The first-order valence-corrected chi connectivity index (χ1v) is 16.1. The molecular formula is C29H35N3O8S2. The number of aliphatic hydroxyl groups excluding tert-OH is 1. The summed E-state index contributed by atoms with van der Waals surface area (Å²) in [6.45, 7) is 4.42. The molecule has 0 radical (unpaired) electrons. The lowest BCUT2D eigenvalue weighted by atomic mass is 10.0. The molecule has 0 spiro atoms. The number of sulfonamides is 2. The van der Waals surface area contributed by atoms with Gasteiger partial charge in [0.2, 0.25) is 20.0 Å². The average molecular weight is 618 g/mol. The highest BCUT2D eigenvalue weighted by atomic mass is 32.2. The summed E-state index contributed by atoms with van der Waals surface area (Å²) in [5.74, 6) is -0.690. The minimum absolute atomic E-state index is 0.0347. The fourth-order valence-corrected chi connectivity index (χ4v) is 7.19. The maximum Gasteiger partial charge on any atom is 0.308 e. The first kappa shape index (κ1) is 33.0. The molecule has 0 aliphatic carbocycles. The van der Waals surface area contributed by atoms with Crippen LogP contribution in [0.15, 0.2) is 93.8 Å². The van der Waals surface area contributed by atoms with Crippen LogP contribution in [0, 0.1) is 10.8 Å². The van der Waals surface area contributed by atoms with Crippen LogP contribution in [0.5, 0.6) is 5.75 Å². The summed E-state index contributed by atoms with van der Waals surface area (Å²) < 4.78 is 62.8. The highest BCUT2D eigenvalue weighted by Crippen LogP contribution is 2.22. The van der Waals surface area contributed by atoms with Crippen LogP contribution in [-0.4, -0.2) is 57.5 Å². The van der Waals surface area contributed by atoms with Crippen molar-refractivity contribution >= 4 is 26.0 Å². The largest absolute Gasteiger partial charge is 0.427 e. The molecule has 0 heterocycles. The van der Waals surface area contributed by atoms with Crippen LogP contribution in [0.3, 0.4) is 0 Å². The number of nitroso groups, excluding NO2 is 1. The number of carbonyl (C=O) groups excluding carboxylic acids is 1. The Kier molecular flexibility index (Phi) is 11.5. The molecule has 226 valence electrons. The molecule has 0 aliphatic heterocycles. The van der Waals surface area contributed by atoms with Gasteiger partial charge in [-0.05, 0) is 47.7 Å². The summed E-state index contributed by atoms with van der Waals surface area (Å²) in [6, 6.07) is 18.9. The molecule has 42 heavy (non-hydrogen) atoms. The number of benzene rings is 3. The number of rotatable bonds is 15. The predicted molar refractivity (Wildman–Crippen MR) is 158 cm³/mol. The van der Waals surface area contributed by atoms with E-state index in [1.54, 1.807) is 30.3 Å². The topological polar surface area (TPSA) is 160 Å². The van der Waals surface area contributed by atoms with E-state index in [9.17, 15) is 31.6 Å². The standard InChI is InChI=1S/C29H35N3O8S2/c1-21(2)19-32(42(38,39)26-14-12-24(13-15-26)18-30-35)20-29(34)28(16-23-8-5-4-6-9-23)31-41(36,37)27-11-7-10-25(17-27)40-22(3)33/h4-15,17,21,28-29,31,34H,16,18-20H2,1-3H3/t28-,29+/m0/s1. The molecule has 0 fully saturated rings. The van der Waals surface area contributed by atoms with E-state index >= 15 is 0 Å². The number of aliphatic hydroxyl groups is 1. The van der Waals surface area contributed by atoms with Gasteiger partial charge in [0.05, 0.1) is 21.9 Å². The quantitative estimate of drug-likeness (QED) is 0.149. The van der Waals surface area contributed by atoms with Gasteiger partial charge >= 0.3 is 5.97 Å². The summed E-state index contributed by atoms with van der Waals surface area (Å²) in [7, 11) is -8.35.